The second-order valence-corrected chi connectivity index (χ2v) is 6.73. The Kier molecular flexibility index (Phi) is 3.98. The van der Waals surface area contributed by atoms with Gasteiger partial charge in [-0.2, -0.15) is 4.52 Å². The lowest BCUT2D eigenvalue weighted by molar-refractivity contribution is 0.882. The van der Waals surface area contributed by atoms with E-state index < -0.39 is 0 Å². The average Bonchev–Trinajstić information content (AvgIpc) is 2.75. The first-order valence-corrected chi connectivity index (χ1v) is 9.29. The van der Waals surface area contributed by atoms with Crippen LogP contribution in [0, 0.1) is 0 Å². The molecular weight excluding hydrogens is 348 g/mol. The fourth-order valence-corrected chi connectivity index (χ4v) is 3.53. The van der Waals surface area contributed by atoms with Gasteiger partial charge in [-0.1, -0.05) is 66.7 Å². The van der Waals surface area contributed by atoms with E-state index in [1.807, 2.05) is 60.7 Å². The molecule has 28 heavy (non-hydrogen) atoms. The van der Waals surface area contributed by atoms with Crippen LogP contribution >= 0.6 is 0 Å². The molecule has 0 aliphatic heterocycles. The molecule has 5 nitrogen and oxygen atoms in total. The SMILES string of the molecule is O=c1c2ccccc2nc2c3ccccc3c(NCCc3ccccc3)nn12. The van der Waals surface area contributed by atoms with Crippen LogP contribution in [0.5, 0.6) is 0 Å². The Hall–Kier alpha value is -3.73. The predicted octanol–water partition coefficient (Wildman–Crippen LogP) is 4.05. The fourth-order valence-electron chi connectivity index (χ4n) is 3.53. The highest BCUT2D eigenvalue weighted by Crippen LogP contribution is 2.24. The second kappa shape index (κ2) is 6.78. The van der Waals surface area contributed by atoms with Crippen molar-refractivity contribution in [1.29, 1.82) is 0 Å². The van der Waals surface area contributed by atoms with E-state index in [0.717, 1.165) is 23.7 Å². The first kappa shape index (κ1) is 16.4. The molecule has 1 N–H and O–H groups in total. The lowest BCUT2D eigenvalue weighted by Crippen LogP contribution is -2.20. The molecule has 0 fully saturated rings. The van der Waals surface area contributed by atoms with Crippen molar-refractivity contribution in [3.63, 3.8) is 0 Å². The molecule has 136 valence electrons. The van der Waals surface area contributed by atoms with E-state index in [0.29, 0.717) is 22.4 Å². The van der Waals surface area contributed by atoms with Gasteiger partial charge in [-0.3, -0.25) is 4.79 Å². The van der Waals surface area contributed by atoms with E-state index in [1.165, 1.54) is 10.1 Å². The number of nitrogens with one attached hydrogen (secondary N) is 1. The number of aromatic nitrogens is 3. The molecule has 0 bridgehead atoms. The molecule has 0 amide bonds. The van der Waals surface area contributed by atoms with E-state index in [9.17, 15) is 4.79 Å². The quantitative estimate of drug-likeness (QED) is 0.385. The number of rotatable bonds is 4. The van der Waals surface area contributed by atoms with Gasteiger partial charge < -0.3 is 5.32 Å². The minimum atomic E-state index is -0.155. The van der Waals surface area contributed by atoms with Crippen LogP contribution < -0.4 is 10.9 Å². The standard InChI is InChI=1S/C23H18N4O/c28-23-19-12-6-7-13-20(19)25-22-18-11-5-4-10-17(18)21(26-27(22)23)24-15-14-16-8-2-1-3-9-16/h1-13H,14-15H2,(H,24,26). The van der Waals surface area contributed by atoms with Crippen molar-refractivity contribution in [3.05, 3.63) is 94.8 Å². The predicted molar refractivity (Wildman–Crippen MR) is 113 cm³/mol. The highest BCUT2D eigenvalue weighted by molar-refractivity contribution is 6.01. The lowest BCUT2D eigenvalue weighted by Gasteiger charge is -2.12. The highest BCUT2D eigenvalue weighted by Gasteiger charge is 2.12. The summed E-state index contributed by atoms with van der Waals surface area (Å²) in [7, 11) is 0. The van der Waals surface area contributed by atoms with Crippen LogP contribution in [-0.4, -0.2) is 21.1 Å². The first-order valence-electron chi connectivity index (χ1n) is 9.29. The maximum Gasteiger partial charge on any atom is 0.282 e. The number of nitrogens with zero attached hydrogens (tertiary/aromatic N) is 3. The largest absolute Gasteiger partial charge is 0.368 e. The number of fused-ring (bicyclic) bond motifs is 4. The molecule has 2 heterocycles. The van der Waals surface area contributed by atoms with Gasteiger partial charge in [-0.25, -0.2) is 4.98 Å². The highest BCUT2D eigenvalue weighted by atomic mass is 16.1. The van der Waals surface area contributed by atoms with Crippen LogP contribution in [0.1, 0.15) is 5.56 Å². The number of hydrogen-bond donors (Lipinski definition) is 1. The van der Waals surface area contributed by atoms with E-state index in [1.54, 1.807) is 6.07 Å². The molecule has 0 spiro atoms. The summed E-state index contributed by atoms with van der Waals surface area (Å²) in [5.41, 5.74) is 2.36. The summed E-state index contributed by atoms with van der Waals surface area (Å²) in [5.74, 6) is 0.693. The van der Waals surface area contributed by atoms with Crippen LogP contribution in [0.25, 0.3) is 27.3 Å². The number of para-hydroxylation sites is 1. The summed E-state index contributed by atoms with van der Waals surface area (Å²) in [4.78, 5) is 17.7. The zero-order valence-electron chi connectivity index (χ0n) is 15.2. The third-order valence-corrected chi connectivity index (χ3v) is 4.93. The maximum absolute atomic E-state index is 13.0. The summed E-state index contributed by atoms with van der Waals surface area (Å²) < 4.78 is 1.41. The molecule has 0 aliphatic rings. The van der Waals surface area contributed by atoms with Gasteiger partial charge >= 0.3 is 0 Å². The Labute approximate surface area is 161 Å². The van der Waals surface area contributed by atoms with Crippen molar-refractivity contribution in [2.75, 3.05) is 11.9 Å². The van der Waals surface area contributed by atoms with Crippen molar-refractivity contribution in [3.8, 4) is 0 Å². The van der Waals surface area contributed by atoms with Gasteiger partial charge in [0.2, 0.25) is 0 Å². The number of benzene rings is 3. The Morgan fingerprint density at radius 3 is 2.29 bits per heavy atom. The Morgan fingerprint density at radius 2 is 1.46 bits per heavy atom. The van der Waals surface area contributed by atoms with Crippen molar-refractivity contribution in [2.24, 2.45) is 0 Å². The van der Waals surface area contributed by atoms with Gasteiger partial charge in [0.25, 0.3) is 5.56 Å². The Balaban J connectivity index is 1.64. The molecule has 0 radical (unpaired) electrons. The van der Waals surface area contributed by atoms with E-state index in [4.69, 9.17) is 4.98 Å². The molecule has 5 rings (SSSR count). The van der Waals surface area contributed by atoms with Gasteiger partial charge in [-0.05, 0) is 24.1 Å². The lowest BCUT2D eigenvalue weighted by atomic mass is 10.1. The van der Waals surface area contributed by atoms with Crippen LogP contribution in [0.4, 0.5) is 5.82 Å². The number of hydrogen-bond acceptors (Lipinski definition) is 4. The minimum Gasteiger partial charge on any atom is -0.368 e. The first-order chi connectivity index (χ1) is 13.8. The van der Waals surface area contributed by atoms with Gasteiger partial charge in [0.15, 0.2) is 11.5 Å². The van der Waals surface area contributed by atoms with E-state index in [2.05, 4.69) is 22.5 Å². The van der Waals surface area contributed by atoms with Gasteiger partial charge in [0, 0.05) is 17.3 Å². The Bertz CT molecular complexity index is 1360. The molecule has 0 saturated heterocycles. The molecular formula is C23H18N4O. The zero-order valence-corrected chi connectivity index (χ0v) is 15.2. The third kappa shape index (κ3) is 2.77. The monoisotopic (exact) mass is 366 g/mol. The molecule has 0 atom stereocenters. The summed E-state index contributed by atoms with van der Waals surface area (Å²) in [6.07, 6.45) is 0.875. The van der Waals surface area contributed by atoms with Crippen molar-refractivity contribution in [2.45, 2.75) is 6.42 Å². The van der Waals surface area contributed by atoms with E-state index >= 15 is 0 Å². The van der Waals surface area contributed by atoms with Crippen LogP contribution in [-0.2, 0) is 6.42 Å². The molecule has 3 aromatic carbocycles. The molecule has 0 unspecified atom stereocenters. The van der Waals surface area contributed by atoms with Crippen molar-refractivity contribution >= 4 is 33.1 Å². The van der Waals surface area contributed by atoms with Gasteiger partial charge in [-0.15, -0.1) is 5.10 Å². The van der Waals surface area contributed by atoms with Crippen LogP contribution in [0.3, 0.4) is 0 Å². The normalized spacial score (nSPS) is 11.3. The second-order valence-electron chi connectivity index (χ2n) is 6.73. The summed E-state index contributed by atoms with van der Waals surface area (Å²) in [6, 6.07) is 25.6. The Morgan fingerprint density at radius 1 is 0.786 bits per heavy atom. The molecule has 0 saturated carbocycles. The number of anilines is 1. The van der Waals surface area contributed by atoms with Gasteiger partial charge in [0.05, 0.1) is 10.9 Å². The topological polar surface area (TPSA) is 59.3 Å². The van der Waals surface area contributed by atoms with E-state index in [-0.39, 0.29) is 5.56 Å². The smallest absolute Gasteiger partial charge is 0.282 e. The fraction of sp³-hybridized carbons (Fsp3) is 0.0870. The summed E-state index contributed by atoms with van der Waals surface area (Å²) in [5, 5.41) is 10.4. The molecule has 5 aromatic rings. The zero-order chi connectivity index (χ0) is 18.9. The molecule has 0 aliphatic carbocycles. The minimum absolute atomic E-state index is 0.155. The van der Waals surface area contributed by atoms with Crippen LogP contribution in [0.15, 0.2) is 83.7 Å². The average molecular weight is 366 g/mol. The summed E-state index contributed by atoms with van der Waals surface area (Å²) in [6.45, 7) is 0.724. The molecule has 5 heteroatoms. The molecule has 2 aromatic heterocycles. The summed E-state index contributed by atoms with van der Waals surface area (Å²) >= 11 is 0. The van der Waals surface area contributed by atoms with Gasteiger partial charge in [0.1, 0.15) is 0 Å². The maximum atomic E-state index is 13.0. The van der Waals surface area contributed by atoms with Crippen molar-refractivity contribution < 1.29 is 0 Å². The van der Waals surface area contributed by atoms with Crippen LogP contribution in [0.2, 0.25) is 0 Å². The van der Waals surface area contributed by atoms with Crippen molar-refractivity contribution in [1.82, 2.24) is 14.6 Å². The third-order valence-electron chi connectivity index (χ3n) is 4.93.